The molecular formula is C16H27B2NO4. The van der Waals surface area contributed by atoms with Crippen LogP contribution in [0.25, 0.3) is 0 Å². The molecule has 5 nitrogen and oxygen atoms in total. The molecule has 0 radical (unpaired) electrons. The molecule has 7 heteroatoms. The first-order valence-corrected chi connectivity index (χ1v) is 8.39. The normalized spacial score (nSPS) is 29.0. The zero-order chi connectivity index (χ0) is 17.5. The number of amides is 1. The van der Waals surface area contributed by atoms with Crippen molar-refractivity contribution in [3.63, 3.8) is 0 Å². The predicted octanol–water partition coefficient (Wildman–Crippen LogP) is 1.61. The maximum atomic E-state index is 12.4. The van der Waals surface area contributed by atoms with Crippen LogP contribution in [0.1, 0.15) is 53.9 Å². The Kier molecular flexibility index (Phi) is 4.84. The van der Waals surface area contributed by atoms with Crippen molar-refractivity contribution in [3.05, 3.63) is 11.5 Å². The molecule has 1 saturated heterocycles. The topological polar surface area (TPSA) is 64.6 Å². The van der Waals surface area contributed by atoms with E-state index in [-0.39, 0.29) is 29.9 Å². The molecule has 1 amide bonds. The number of allylic oxidation sites excluding steroid dienone is 1. The van der Waals surface area contributed by atoms with Gasteiger partial charge >= 0.3 is 7.12 Å². The number of nitrogens with one attached hydrogen (secondary N) is 1. The van der Waals surface area contributed by atoms with Gasteiger partial charge in [0, 0.05) is 6.92 Å². The largest absolute Gasteiger partial charge is 0.490 e. The Balaban J connectivity index is 2.17. The molecule has 2 aliphatic rings. The minimum atomic E-state index is -0.770. The SMILES string of the molecule is CBC(=O)C1(NC(C)=O)CC=C(B2OC(C)(C)C(C)(C)O2)CC1. The molecule has 1 N–H and O–H groups in total. The van der Waals surface area contributed by atoms with Crippen molar-refractivity contribution in [1.29, 1.82) is 0 Å². The molecule has 126 valence electrons. The third kappa shape index (κ3) is 3.41. The van der Waals surface area contributed by atoms with E-state index in [4.69, 9.17) is 9.31 Å². The van der Waals surface area contributed by atoms with E-state index in [1.807, 2.05) is 40.6 Å². The molecule has 0 bridgehead atoms. The number of rotatable bonds is 4. The smallest absolute Gasteiger partial charge is 0.400 e. The molecule has 1 fully saturated rings. The molecule has 1 aliphatic heterocycles. The van der Waals surface area contributed by atoms with Crippen LogP contribution in [0.4, 0.5) is 0 Å². The van der Waals surface area contributed by atoms with E-state index in [1.165, 1.54) is 6.92 Å². The van der Waals surface area contributed by atoms with Crippen molar-refractivity contribution < 1.29 is 18.9 Å². The van der Waals surface area contributed by atoms with E-state index in [0.29, 0.717) is 26.5 Å². The van der Waals surface area contributed by atoms with E-state index in [2.05, 4.69) is 5.32 Å². The maximum absolute atomic E-state index is 12.4. The number of hydrogen-bond acceptors (Lipinski definition) is 4. The van der Waals surface area contributed by atoms with E-state index >= 15 is 0 Å². The first-order valence-electron chi connectivity index (χ1n) is 8.39. The van der Waals surface area contributed by atoms with Crippen molar-refractivity contribution in [2.24, 2.45) is 0 Å². The Morgan fingerprint density at radius 2 is 1.78 bits per heavy atom. The summed E-state index contributed by atoms with van der Waals surface area (Å²) in [5, 5.41) is 2.87. The van der Waals surface area contributed by atoms with Crippen molar-refractivity contribution >= 4 is 26.0 Å². The van der Waals surface area contributed by atoms with E-state index in [1.54, 1.807) is 0 Å². The highest BCUT2D eigenvalue weighted by Crippen LogP contribution is 2.41. The van der Waals surface area contributed by atoms with Gasteiger partial charge in [0.2, 0.25) is 13.2 Å². The van der Waals surface area contributed by atoms with Crippen LogP contribution >= 0.6 is 0 Å². The first-order chi connectivity index (χ1) is 10.5. The summed E-state index contributed by atoms with van der Waals surface area (Å²) in [4.78, 5) is 23.9. The van der Waals surface area contributed by atoms with Gasteiger partial charge in [-0.05, 0) is 52.4 Å². The molecule has 0 aromatic heterocycles. The van der Waals surface area contributed by atoms with Gasteiger partial charge in [-0.3, -0.25) is 4.79 Å². The van der Waals surface area contributed by atoms with Gasteiger partial charge in [-0.2, -0.15) is 0 Å². The van der Waals surface area contributed by atoms with Crippen molar-refractivity contribution in [2.45, 2.75) is 77.4 Å². The third-order valence-corrected chi connectivity index (χ3v) is 5.38. The van der Waals surface area contributed by atoms with Gasteiger partial charge in [-0.1, -0.05) is 12.9 Å². The lowest BCUT2D eigenvalue weighted by atomic mass is 9.60. The molecule has 0 saturated carbocycles. The van der Waals surface area contributed by atoms with Crippen molar-refractivity contribution in [3.8, 4) is 0 Å². The van der Waals surface area contributed by atoms with Crippen LogP contribution in [-0.4, -0.2) is 42.7 Å². The molecule has 0 aromatic carbocycles. The van der Waals surface area contributed by atoms with Crippen LogP contribution in [0.5, 0.6) is 0 Å². The standard InChI is InChI=1S/C16H27B2NO4/c1-11(20)19-16(13(21)17-6)9-7-12(8-10-16)18-22-14(2,3)15(4,5)23-18/h7,17H,8-10H2,1-6H3,(H,19,20). The van der Waals surface area contributed by atoms with Gasteiger partial charge in [0.1, 0.15) is 5.68 Å². The van der Waals surface area contributed by atoms with E-state index in [9.17, 15) is 9.59 Å². The molecular weight excluding hydrogens is 292 g/mol. The van der Waals surface area contributed by atoms with E-state index < -0.39 is 5.54 Å². The fourth-order valence-electron chi connectivity index (χ4n) is 3.19. The van der Waals surface area contributed by atoms with Gasteiger partial charge in [-0.15, -0.1) is 0 Å². The minimum Gasteiger partial charge on any atom is -0.400 e. The quantitative estimate of drug-likeness (QED) is 0.800. The highest BCUT2D eigenvalue weighted by Gasteiger charge is 2.53. The fourth-order valence-corrected chi connectivity index (χ4v) is 3.19. The van der Waals surface area contributed by atoms with Gasteiger partial charge in [0.05, 0.1) is 16.7 Å². The third-order valence-electron chi connectivity index (χ3n) is 5.38. The first kappa shape index (κ1) is 18.3. The summed E-state index contributed by atoms with van der Waals surface area (Å²) < 4.78 is 12.2. The average Bonchev–Trinajstić information content (AvgIpc) is 2.66. The summed E-state index contributed by atoms with van der Waals surface area (Å²) in [5.74, 6) is -0.167. The Morgan fingerprint density at radius 3 is 2.17 bits per heavy atom. The average molecular weight is 319 g/mol. The van der Waals surface area contributed by atoms with Crippen LogP contribution in [0.2, 0.25) is 6.82 Å². The zero-order valence-electron chi connectivity index (χ0n) is 15.1. The summed E-state index contributed by atoms with van der Waals surface area (Å²) in [6, 6.07) is 0. The Morgan fingerprint density at radius 1 is 1.22 bits per heavy atom. The molecule has 1 atom stereocenters. The van der Waals surface area contributed by atoms with Crippen LogP contribution in [0, 0.1) is 0 Å². The summed E-state index contributed by atoms with van der Waals surface area (Å²) in [6.07, 6.45) is 3.78. The lowest BCUT2D eigenvalue weighted by Crippen LogP contribution is -2.56. The summed E-state index contributed by atoms with van der Waals surface area (Å²) >= 11 is 0. The summed E-state index contributed by atoms with van der Waals surface area (Å²) in [6.45, 7) is 11.4. The lowest BCUT2D eigenvalue weighted by Gasteiger charge is -2.36. The molecule has 0 aromatic rings. The minimum absolute atomic E-state index is 0.0805. The molecule has 1 heterocycles. The second kappa shape index (κ2) is 6.10. The predicted molar refractivity (Wildman–Crippen MR) is 92.6 cm³/mol. The molecule has 23 heavy (non-hydrogen) atoms. The monoisotopic (exact) mass is 319 g/mol. The van der Waals surface area contributed by atoms with Gasteiger partial charge in [0.25, 0.3) is 0 Å². The fraction of sp³-hybridized carbons (Fsp3) is 0.750. The highest BCUT2D eigenvalue weighted by atomic mass is 16.7. The lowest BCUT2D eigenvalue weighted by molar-refractivity contribution is -0.127. The van der Waals surface area contributed by atoms with Crippen molar-refractivity contribution in [2.75, 3.05) is 0 Å². The molecule has 2 rings (SSSR count). The Labute approximate surface area is 139 Å². The van der Waals surface area contributed by atoms with Gasteiger partial charge in [-0.25, -0.2) is 0 Å². The van der Waals surface area contributed by atoms with Crippen LogP contribution in [0.15, 0.2) is 11.5 Å². The summed E-state index contributed by atoms with van der Waals surface area (Å²) in [5.41, 5.74) is -0.368. The second-order valence-electron chi connectivity index (χ2n) is 7.61. The number of hydrogen-bond donors (Lipinski definition) is 1. The van der Waals surface area contributed by atoms with E-state index in [0.717, 1.165) is 5.47 Å². The Bertz CT molecular complexity index is 528. The molecule has 1 aliphatic carbocycles. The van der Waals surface area contributed by atoms with Gasteiger partial charge in [0.15, 0.2) is 0 Å². The van der Waals surface area contributed by atoms with Crippen LogP contribution < -0.4 is 5.32 Å². The Hall–Kier alpha value is -1.07. The zero-order valence-corrected chi connectivity index (χ0v) is 15.1. The number of carbonyl (C=O) groups excluding carboxylic acids is 2. The second-order valence-corrected chi connectivity index (χ2v) is 7.61. The number of carbonyl (C=O) groups is 2. The molecule has 0 spiro atoms. The van der Waals surface area contributed by atoms with Crippen LogP contribution in [0.3, 0.4) is 0 Å². The summed E-state index contributed by atoms with van der Waals surface area (Å²) in [7, 11) is 0.0481. The van der Waals surface area contributed by atoms with Crippen LogP contribution in [-0.2, 0) is 18.9 Å². The van der Waals surface area contributed by atoms with Gasteiger partial charge < -0.3 is 19.4 Å². The maximum Gasteiger partial charge on any atom is 0.490 e. The van der Waals surface area contributed by atoms with Crippen molar-refractivity contribution in [1.82, 2.24) is 5.32 Å². The molecule has 1 unspecified atom stereocenters. The highest BCUT2D eigenvalue weighted by molar-refractivity contribution is 6.74.